The van der Waals surface area contributed by atoms with Crippen LogP contribution in [0.3, 0.4) is 0 Å². The lowest BCUT2D eigenvalue weighted by Gasteiger charge is -2.10. The predicted molar refractivity (Wildman–Crippen MR) is 55.0 cm³/mol. The van der Waals surface area contributed by atoms with E-state index >= 15 is 0 Å². The van der Waals surface area contributed by atoms with Gasteiger partial charge in [-0.3, -0.25) is 9.82 Å². The topological polar surface area (TPSA) is 84.1 Å². The molecule has 1 aliphatic heterocycles. The van der Waals surface area contributed by atoms with Crippen molar-refractivity contribution in [2.45, 2.75) is 18.9 Å². The van der Waals surface area contributed by atoms with Crippen molar-refractivity contribution in [2.75, 3.05) is 17.1 Å². The second-order valence-corrected chi connectivity index (χ2v) is 5.26. The fourth-order valence-electron chi connectivity index (χ4n) is 1.54. The van der Waals surface area contributed by atoms with E-state index in [9.17, 15) is 8.42 Å². The van der Waals surface area contributed by atoms with E-state index in [-0.39, 0.29) is 11.9 Å². The van der Waals surface area contributed by atoms with Crippen LogP contribution in [0.2, 0.25) is 0 Å². The van der Waals surface area contributed by atoms with Gasteiger partial charge in [-0.1, -0.05) is 0 Å². The molecule has 84 valence electrons. The normalized spacial score (nSPS) is 21.7. The Hall–Kier alpha value is -1.08. The molecule has 2 heterocycles. The van der Waals surface area contributed by atoms with E-state index in [1.807, 2.05) is 0 Å². The Balaban J connectivity index is 1.94. The molecule has 15 heavy (non-hydrogen) atoms. The maximum atomic E-state index is 11.6. The number of ether oxygens (including phenoxy) is 1. The summed E-state index contributed by atoms with van der Waals surface area (Å²) in [6.07, 6.45) is 3.06. The highest BCUT2D eigenvalue weighted by Gasteiger charge is 2.23. The van der Waals surface area contributed by atoms with E-state index < -0.39 is 10.0 Å². The molecule has 1 saturated heterocycles. The summed E-state index contributed by atoms with van der Waals surface area (Å²) in [6, 6.07) is 1.56. The Kier molecular flexibility index (Phi) is 2.92. The van der Waals surface area contributed by atoms with Crippen molar-refractivity contribution in [2.24, 2.45) is 0 Å². The quantitative estimate of drug-likeness (QED) is 0.782. The zero-order valence-corrected chi connectivity index (χ0v) is 8.96. The van der Waals surface area contributed by atoms with Crippen molar-refractivity contribution in [3.63, 3.8) is 0 Å². The van der Waals surface area contributed by atoms with E-state index in [1.54, 1.807) is 6.07 Å². The van der Waals surface area contributed by atoms with Gasteiger partial charge in [-0.25, -0.2) is 8.42 Å². The monoisotopic (exact) mass is 231 g/mol. The molecule has 0 aliphatic carbocycles. The highest BCUT2D eigenvalue weighted by atomic mass is 32.2. The van der Waals surface area contributed by atoms with E-state index in [1.165, 1.54) is 6.20 Å². The number of aromatic nitrogens is 2. The van der Waals surface area contributed by atoms with Crippen molar-refractivity contribution in [1.82, 2.24) is 10.2 Å². The van der Waals surface area contributed by atoms with Crippen LogP contribution in [0.5, 0.6) is 0 Å². The van der Waals surface area contributed by atoms with Crippen LogP contribution in [0.1, 0.15) is 12.8 Å². The third-order valence-corrected chi connectivity index (χ3v) is 3.54. The average molecular weight is 231 g/mol. The summed E-state index contributed by atoms with van der Waals surface area (Å²) in [5.74, 6) is 0.388. The number of anilines is 1. The first-order valence-corrected chi connectivity index (χ1v) is 6.42. The van der Waals surface area contributed by atoms with E-state index in [0.717, 1.165) is 12.8 Å². The largest absolute Gasteiger partial charge is 0.377 e. The third kappa shape index (κ3) is 2.93. The summed E-state index contributed by atoms with van der Waals surface area (Å²) in [6.45, 7) is 0.657. The minimum atomic E-state index is -3.33. The summed E-state index contributed by atoms with van der Waals surface area (Å²) in [5.41, 5.74) is 0. The molecule has 1 aromatic heterocycles. The molecule has 6 nitrogen and oxygen atoms in total. The highest BCUT2D eigenvalue weighted by Crippen LogP contribution is 2.15. The Morgan fingerprint density at radius 2 is 2.53 bits per heavy atom. The van der Waals surface area contributed by atoms with Crippen LogP contribution in [-0.4, -0.2) is 37.1 Å². The Labute approximate surface area is 88.1 Å². The first kappa shape index (κ1) is 10.4. The minimum Gasteiger partial charge on any atom is -0.377 e. The molecule has 7 heteroatoms. The molecule has 1 unspecified atom stereocenters. The second kappa shape index (κ2) is 4.19. The van der Waals surface area contributed by atoms with E-state index in [2.05, 4.69) is 14.9 Å². The molecule has 2 N–H and O–H groups in total. The van der Waals surface area contributed by atoms with Crippen molar-refractivity contribution in [3.05, 3.63) is 12.3 Å². The smallest absolute Gasteiger partial charge is 0.236 e. The molecular weight excluding hydrogens is 218 g/mol. The summed E-state index contributed by atoms with van der Waals surface area (Å²) >= 11 is 0. The number of H-pyrrole nitrogens is 1. The van der Waals surface area contributed by atoms with Gasteiger partial charge in [0.1, 0.15) is 5.82 Å². The lowest BCUT2D eigenvalue weighted by Crippen LogP contribution is -2.25. The zero-order chi connectivity index (χ0) is 10.7. The zero-order valence-electron chi connectivity index (χ0n) is 8.14. The summed E-state index contributed by atoms with van der Waals surface area (Å²) in [4.78, 5) is 0. The molecule has 1 fully saturated rings. The van der Waals surface area contributed by atoms with Crippen LogP contribution < -0.4 is 4.72 Å². The van der Waals surface area contributed by atoms with Crippen LogP contribution in [0.15, 0.2) is 12.3 Å². The Morgan fingerprint density at radius 1 is 1.67 bits per heavy atom. The highest BCUT2D eigenvalue weighted by molar-refractivity contribution is 7.92. The van der Waals surface area contributed by atoms with Crippen LogP contribution >= 0.6 is 0 Å². The first-order chi connectivity index (χ1) is 7.16. The molecule has 1 aromatic rings. The number of nitrogens with zero attached hydrogens (tertiary/aromatic N) is 1. The van der Waals surface area contributed by atoms with E-state index in [4.69, 9.17) is 4.74 Å². The average Bonchev–Trinajstić information content (AvgIpc) is 2.75. The maximum absolute atomic E-state index is 11.6. The first-order valence-electron chi connectivity index (χ1n) is 4.77. The van der Waals surface area contributed by atoms with Gasteiger partial charge in [0.15, 0.2) is 0 Å². The second-order valence-electron chi connectivity index (χ2n) is 3.49. The Morgan fingerprint density at radius 3 is 3.13 bits per heavy atom. The maximum Gasteiger partial charge on any atom is 0.236 e. The molecule has 0 amide bonds. The molecule has 0 radical (unpaired) electrons. The van der Waals surface area contributed by atoms with Crippen molar-refractivity contribution in [1.29, 1.82) is 0 Å². The predicted octanol–water partition coefficient (Wildman–Crippen LogP) is 0.330. The van der Waals surface area contributed by atoms with Gasteiger partial charge < -0.3 is 4.74 Å². The van der Waals surface area contributed by atoms with Gasteiger partial charge in [0, 0.05) is 12.7 Å². The van der Waals surface area contributed by atoms with Gasteiger partial charge in [-0.15, -0.1) is 0 Å². The van der Waals surface area contributed by atoms with E-state index in [0.29, 0.717) is 12.4 Å². The van der Waals surface area contributed by atoms with Gasteiger partial charge in [-0.2, -0.15) is 5.10 Å². The molecule has 1 atom stereocenters. The van der Waals surface area contributed by atoms with Gasteiger partial charge in [-0.05, 0) is 12.8 Å². The van der Waals surface area contributed by atoms with Gasteiger partial charge in [0.05, 0.1) is 18.1 Å². The molecule has 0 spiro atoms. The lowest BCUT2D eigenvalue weighted by atomic mass is 10.3. The number of hydrogen-bond donors (Lipinski definition) is 2. The van der Waals surface area contributed by atoms with Gasteiger partial charge >= 0.3 is 0 Å². The fourth-order valence-corrected chi connectivity index (χ4v) is 2.83. The molecule has 0 bridgehead atoms. The fraction of sp³-hybridized carbons (Fsp3) is 0.625. The summed E-state index contributed by atoms with van der Waals surface area (Å²) < 4.78 is 30.9. The van der Waals surface area contributed by atoms with Crippen molar-refractivity contribution in [3.8, 4) is 0 Å². The third-order valence-electron chi connectivity index (χ3n) is 2.20. The van der Waals surface area contributed by atoms with Crippen LogP contribution in [0.4, 0.5) is 5.82 Å². The molecule has 2 rings (SSSR count). The standard InChI is InChI=1S/C8H13N3O3S/c12-15(13,6-7-2-1-5-14-7)11-8-3-4-9-10-8/h3-4,7H,1-2,5-6H2,(H2,9,10,11). The number of nitrogens with one attached hydrogen (secondary N) is 2. The lowest BCUT2D eigenvalue weighted by molar-refractivity contribution is 0.127. The number of sulfonamides is 1. The molecule has 0 saturated carbocycles. The number of aromatic amines is 1. The summed E-state index contributed by atoms with van der Waals surface area (Å²) in [5, 5.41) is 6.19. The minimum absolute atomic E-state index is 0.00597. The van der Waals surface area contributed by atoms with Gasteiger partial charge in [0.25, 0.3) is 0 Å². The van der Waals surface area contributed by atoms with Gasteiger partial charge in [0.2, 0.25) is 10.0 Å². The number of rotatable bonds is 4. The number of hydrogen-bond acceptors (Lipinski definition) is 4. The Bertz CT molecular complexity index is 395. The van der Waals surface area contributed by atoms with Crippen LogP contribution in [0.25, 0.3) is 0 Å². The molecule has 0 aromatic carbocycles. The molecular formula is C8H13N3O3S. The van der Waals surface area contributed by atoms with Crippen LogP contribution in [-0.2, 0) is 14.8 Å². The summed E-state index contributed by atoms with van der Waals surface area (Å²) in [7, 11) is -3.33. The molecule has 1 aliphatic rings. The van der Waals surface area contributed by atoms with Crippen molar-refractivity contribution >= 4 is 15.8 Å². The van der Waals surface area contributed by atoms with Crippen LogP contribution in [0, 0.1) is 0 Å². The SMILES string of the molecule is O=S(=O)(CC1CCCO1)Nc1ccn[nH]1. The van der Waals surface area contributed by atoms with Crippen molar-refractivity contribution < 1.29 is 13.2 Å².